The number of nitrogens with zero attached hydrogens (tertiary/aromatic N) is 1. The number of carbonyl (C=O) groups excluding carboxylic acids is 2. The van der Waals surface area contributed by atoms with E-state index in [1.165, 1.54) is 43.4 Å². The number of carboxylic acid groups (broad SMARTS) is 1. The lowest BCUT2D eigenvalue weighted by molar-refractivity contribution is -0.112. The first-order chi connectivity index (χ1) is 14.2. The van der Waals surface area contributed by atoms with Crippen LogP contribution in [0, 0.1) is 0 Å². The number of Topliss-reactive ketones (excluding diaryl/α,β-unsaturated/α-hetero) is 1. The van der Waals surface area contributed by atoms with Gasteiger partial charge in [0.05, 0.1) is 16.0 Å². The van der Waals surface area contributed by atoms with Crippen LogP contribution >= 0.6 is 0 Å². The van der Waals surface area contributed by atoms with Crippen molar-refractivity contribution in [3.05, 3.63) is 53.6 Å². The molecular weight excluding hydrogens is 412 g/mol. The van der Waals surface area contributed by atoms with Crippen molar-refractivity contribution >= 4 is 55.8 Å². The van der Waals surface area contributed by atoms with Crippen LogP contribution in [0.2, 0.25) is 0 Å². The monoisotopic (exact) mass is 426 g/mol. The van der Waals surface area contributed by atoms with Gasteiger partial charge < -0.3 is 15.7 Å². The number of sulfonamides is 1. The van der Waals surface area contributed by atoms with E-state index in [4.69, 9.17) is 0 Å². The van der Waals surface area contributed by atoms with E-state index in [1.807, 2.05) is 0 Å². The summed E-state index contributed by atoms with van der Waals surface area (Å²) < 4.78 is 26.3. The third-order valence-corrected chi connectivity index (χ3v) is 6.00. The first kappa shape index (κ1) is 19.5. The van der Waals surface area contributed by atoms with Crippen molar-refractivity contribution in [2.75, 3.05) is 17.7 Å². The fourth-order valence-corrected chi connectivity index (χ4v) is 3.91. The molecule has 1 aromatic heterocycles. The van der Waals surface area contributed by atoms with Gasteiger partial charge in [0.2, 0.25) is 10.0 Å². The number of pyridine rings is 1. The summed E-state index contributed by atoms with van der Waals surface area (Å²) in [5, 5.41) is 15.3. The fraction of sp³-hybridized carbons (Fsp3) is 0.0526. The smallest absolute Gasteiger partial charge is 0.335 e. The van der Waals surface area contributed by atoms with Gasteiger partial charge in [-0.3, -0.25) is 9.59 Å². The van der Waals surface area contributed by atoms with Gasteiger partial charge in [-0.05, 0) is 37.4 Å². The number of carbonyl (C=O) groups is 3. The van der Waals surface area contributed by atoms with Crippen molar-refractivity contribution in [1.29, 1.82) is 0 Å². The highest BCUT2D eigenvalue weighted by Crippen LogP contribution is 2.35. The molecule has 0 saturated heterocycles. The largest absolute Gasteiger partial charge is 0.478 e. The minimum absolute atomic E-state index is 0.00942. The zero-order chi connectivity index (χ0) is 21.6. The molecule has 0 spiro atoms. The number of rotatable bonds is 5. The third kappa shape index (κ3) is 3.15. The molecule has 0 bridgehead atoms. The molecule has 0 aliphatic carbocycles. The molecule has 2 heterocycles. The molecule has 1 amide bonds. The summed E-state index contributed by atoms with van der Waals surface area (Å²) >= 11 is 0. The number of carboxylic acids is 1. The standard InChI is InChI=1S/C19H14N4O6S/c1-20-30(28,29)11-4-2-3-10(8-11)21-16-13-7-9(19(26)27)5-6-12(13)14-15(24)18(25)23-17(14)22-16/h2-8,20H,1H3,(H,26,27)(H2,21,22,23,24,25). The minimum atomic E-state index is -3.69. The van der Waals surface area contributed by atoms with Crippen LogP contribution in [0.25, 0.3) is 10.8 Å². The van der Waals surface area contributed by atoms with Crippen LogP contribution in [0.5, 0.6) is 0 Å². The van der Waals surface area contributed by atoms with Crippen molar-refractivity contribution in [2.45, 2.75) is 4.90 Å². The van der Waals surface area contributed by atoms with E-state index in [2.05, 4.69) is 20.3 Å². The molecule has 0 unspecified atom stereocenters. The number of aromatic nitrogens is 1. The molecule has 2 aromatic carbocycles. The zero-order valence-electron chi connectivity index (χ0n) is 15.4. The Balaban J connectivity index is 1.90. The van der Waals surface area contributed by atoms with Crippen LogP contribution in [0.1, 0.15) is 20.7 Å². The molecule has 3 aromatic rings. The first-order valence-electron chi connectivity index (χ1n) is 8.58. The predicted molar refractivity (Wildman–Crippen MR) is 108 cm³/mol. The van der Waals surface area contributed by atoms with Gasteiger partial charge in [0.1, 0.15) is 11.6 Å². The first-order valence-corrected chi connectivity index (χ1v) is 10.1. The Bertz CT molecular complexity index is 1370. The molecule has 11 heteroatoms. The number of anilines is 3. The number of fused-ring (bicyclic) bond motifs is 3. The van der Waals surface area contributed by atoms with Crippen LogP contribution in [-0.4, -0.2) is 43.2 Å². The quantitative estimate of drug-likeness (QED) is 0.450. The molecule has 4 rings (SSSR count). The summed E-state index contributed by atoms with van der Waals surface area (Å²) in [5.74, 6) is -2.58. The topological polar surface area (TPSA) is 155 Å². The summed E-state index contributed by atoms with van der Waals surface area (Å²) in [7, 11) is -2.40. The summed E-state index contributed by atoms with van der Waals surface area (Å²) in [5.41, 5.74) is 0.379. The van der Waals surface area contributed by atoms with Crippen LogP contribution in [0.3, 0.4) is 0 Å². The van der Waals surface area contributed by atoms with Crippen molar-refractivity contribution in [3.8, 4) is 0 Å². The number of amides is 1. The molecule has 1 aliphatic rings. The molecule has 0 saturated carbocycles. The van der Waals surface area contributed by atoms with E-state index in [0.717, 1.165) is 0 Å². The Morgan fingerprint density at radius 3 is 2.57 bits per heavy atom. The molecule has 10 nitrogen and oxygen atoms in total. The van der Waals surface area contributed by atoms with Gasteiger partial charge in [-0.25, -0.2) is 22.9 Å². The number of ketones is 1. The van der Waals surface area contributed by atoms with E-state index in [9.17, 15) is 27.9 Å². The van der Waals surface area contributed by atoms with E-state index >= 15 is 0 Å². The highest BCUT2D eigenvalue weighted by atomic mass is 32.2. The number of nitrogens with one attached hydrogen (secondary N) is 3. The Morgan fingerprint density at radius 1 is 1.10 bits per heavy atom. The fourth-order valence-electron chi connectivity index (χ4n) is 3.14. The molecule has 0 fully saturated rings. The molecule has 1 aliphatic heterocycles. The second-order valence-corrected chi connectivity index (χ2v) is 8.28. The normalized spacial score (nSPS) is 13.2. The third-order valence-electron chi connectivity index (χ3n) is 4.59. The van der Waals surface area contributed by atoms with Crippen LogP contribution in [0.15, 0.2) is 47.4 Å². The molecule has 4 N–H and O–H groups in total. The maximum absolute atomic E-state index is 12.2. The van der Waals surface area contributed by atoms with Crippen molar-refractivity contribution in [3.63, 3.8) is 0 Å². The molecule has 0 radical (unpaired) electrons. The lowest BCUT2D eigenvalue weighted by Gasteiger charge is -2.13. The lowest BCUT2D eigenvalue weighted by Crippen LogP contribution is -2.18. The van der Waals surface area contributed by atoms with E-state index < -0.39 is 27.7 Å². The van der Waals surface area contributed by atoms with E-state index in [1.54, 1.807) is 6.07 Å². The Labute approximate surface area is 170 Å². The van der Waals surface area contributed by atoms with Gasteiger partial charge in [0.25, 0.3) is 11.7 Å². The predicted octanol–water partition coefficient (Wildman–Crippen LogP) is 1.72. The van der Waals surface area contributed by atoms with Crippen molar-refractivity contribution < 1.29 is 27.9 Å². The maximum atomic E-state index is 12.2. The van der Waals surface area contributed by atoms with Crippen LogP contribution in [-0.2, 0) is 14.8 Å². The SMILES string of the molecule is CNS(=O)(=O)c1cccc(Nc2nc3c(c4ccc(C(=O)O)cc24)C(=O)C(=O)N3)c1. The van der Waals surface area contributed by atoms with Gasteiger partial charge in [-0.2, -0.15) is 0 Å². The second kappa shape index (κ2) is 6.90. The van der Waals surface area contributed by atoms with Gasteiger partial charge in [-0.1, -0.05) is 12.1 Å². The number of hydrogen-bond acceptors (Lipinski definition) is 7. The Hall–Kier alpha value is -3.83. The second-order valence-electron chi connectivity index (χ2n) is 6.39. The molecule has 30 heavy (non-hydrogen) atoms. The average molecular weight is 426 g/mol. The minimum Gasteiger partial charge on any atom is -0.478 e. The van der Waals surface area contributed by atoms with E-state index in [0.29, 0.717) is 16.5 Å². The number of aromatic carboxylic acids is 1. The summed E-state index contributed by atoms with van der Waals surface area (Å²) in [6.07, 6.45) is 0. The Kier molecular flexibility index (Phi) is 4.48. The van der Waals surface area contributed by atoms with Gasteiger partial charge in [-0.15, -0.1) is 0 Å². The molecule has 152 valence electrons. The van der Waals surface area contributed by atoms with Crippen molar-refractivity contribution in [2.24, 2.45) is 0 Å². The highest BCUT2D eigenvalue weighted by molar-refractivity contribution is 7.89. The van der Waals surface area contributed by atoms with Crippen LogP contribution < -0.4 is 15.4 Å². The molecule has 0 atom stereocenters. The number of hydrogen-bond donors (Lipinski definition) is 4. The maximum Gasteiger partial charge on any atom is 0.335 e. The van der Waals surface area contributed by atoms with Gasteiger partial charge in [0, 0.05) is 16.5 Å². The van der Waals surface area contributed by atoms with Crippen LogP contribution in [0.4, 0.5) is 17.3 Å². The highest BCUT2D eigenvalue weighted by Gasteiger charge is 2.32. The van der Waals surface area contributed by atoms with Crippen molar-refractivity contribution in [1.82, 2.24) is 9.71 Å². The lowest BCUT2D eigenvalue weighted by atomic mass is 10.0. The summed E-state index contributed by atoms with van der Waals surface area (Å²) in [4.78, 5) is 39.7. The average Bonchev–Trinajstić information content (AvgIpc) is 3.01. The van der Waals surface area contributed by atoms with Gasteiger partial charge >= 0.3 is 5.97 Å². The Morgan fingerprint density at radius 2 is 1.87 bits per heavy atom. The number of benzene rings is 2. The summed E-state index contributed by atoms with van der Waals surface area (Å²) in [6, 6.07) is 9.99. The summed E-state index contributed by atoms with van der Waals surface area (Å²) in [6.45, 7) is 0. The van der Waals surface area contributed by atoms with E-state index in [-0.39, 0.29) is 27.7 Å². The zero-order valence-corrected chi connectivity index (χ0v) is 16.2. The van der Waals surface area contributed by atoms with Gasteiger partial charge in [0.15, 0.2) is 0 Å². The molecular formula is C19H14N4O6S.